The molecule has 0 aliphatic rings. The quantitative estimate of drug-likeness (QED) is 0.836. The molecule has 0 amide bonds. The number of nitriles is 1. The summed E-state index contributed by atoms with van der Waals surface area (Å²) in [6, 6.07) is 8.10. The molecular formula is C16H18N4. The molecule has 1 heterocycles. The lowest BCUT2D eigenvalue weighted by atomic mass is 10.0. The van der Waals surface area contributed by atoms with Gasteiger partial charge in [0.05, 0.1) is 0 Å². The minimum atomic E-state index is 0.390. The molecule has 0 aliphatic heterocycles. The molecule has 0 N–H and O–H groups in total. The third-order valence-electron chi connectivity index (χ3n) is 3.46. The van der Waals surface area contributed by atoms with Crippen molar-refractivity contribution in [3.05, 3.63) is 46.4 Å². The second kappa shape index (κ2) is 5.30. The van der Waals surface area contributed by atoms with Crippen molar-refractivity contribution in [2.24, 2.45) is 0 Å². The van der Waals surface area contributed by atoms with Crippen LogP contribution in [0.2, 0.25) is 0 Å². The van der Waals surface area contributed by atoms with Gasteiger partial charge in [0, 0.05) is 18.8 Å². The first-order chi connectivity index (χ1) is 9.42. The molecule has 1 aromatic carbocycles. The molecule has 4 heteroatoms. The molecule has 0 atom stereocenters. The largest absolute Gasteiger partial charge is 0.329 e. The molecule has 2 aromatic rings. The van der Waals surface area contributed by atoms with Crippen LogP contribution in [0, 0.1) is 39.0 Å². The van der Waals surface area contributed by atoms with E-state index in [2.05, 4.69) is 48.9 Å². The summed E-state index contributed by atoms with van der Waals surface area (Å²) in [4.78, 5) is 10.5. The summed E-state index contributed by atoms with van der Waals surface area (Å²) in [6.45, 7) is 8.08. The molecule has 0 fully saturated rings. The van der Waals surface area contributed by atoms with Gasteiger partial charge in [0.15, 0.2) is 0 Å². The topological polar surface area (TPSA) is 52.8 Å². The summed E-state index contributed by atoms with van der Waals surface area (Å²) in [6.07, 6.45) is 0. The van der Waals surface area contributed by atoms with Gasteiger partial charge in [0.1, 0.15) is 23.4 Å². The highest BCUT2D eigenvalue weighted by molar-refractivity contribution is 5.65. The third kappa shape index (κ3) is 2.62. The molecule has 2 rings (SSSR count). The van der Waals surface area contributed by atoms with Crippen LogP contribution in [0.4, 0.5) is 11.5 Å². The van der Waals surface area contributed by atoms with Crippen LogP contribution in [0.25, 0.3) is 0 Å². The van der Waals surface area contributed by atoms with Crippen molar-refractivity contribution in [2.45, 2.75) is 27.7 Å². The Morgan fingerprint density at radius 1 is 0.950 bits per heavy atom. The van der Waals surface area contributed by atoms with Crippen LogP contribution in [0.15, 0.2) is 18.2 Å². The molecular weight excluding hydrogens is 248 g/mol. The van der Waals surface area contributed by atoms with Crippen LogP contribution in [-0.4, -0.2) is 17.0 Å². The van der Waals surface area contributed by atoms with Gasteiger partial charge >= 0.3 is 0 Å². The van der Waals surface area contributed by atoms with E-state index in [0.29, 0.717) is 11.5 Å². The van der Waals surface area contributed by atoms with Gasteiger partial charge in [-0.15, -0.1) is 0 Å². The first-order valence-corrected chi connectivity index (χ1v) is 6.49. The molecule has 0 unspecified atom stereocenters. The fourth-order valence-electron chi connectivity index (χ4n) is 2.21. The number of rotatable bonds is 2. The molecule has 0 radical (unpaired) electrons. The van der Waals surface area contributed by atoms with Gasteiger partial charge < -0.3 is 4.90 Å². The van der Waals surface area contributed by atoms with Gasteiger partial charge in [0.2, 0.25) is 0 Å². The lowest BCUT2D eigenvalue weighted by Gasteiger charge is -2.22. The molecule has 1 aromatic heterocycles. The van der Waals surface area contributed by atoms with E-state index in [1.807, 2.05) is 11.9 Å². The van der Waals surface area contributed by atoms with E-state index in [4.69, 9.17) is 5.26 Å². The predicted octanol–water partition coefficient (Wildman–Crippen LogP) is 3.35. The van der Waals surface area contributed by atoms with Crippen molar-refractivity contribution >= 4 is 11.5 Å². The summed E-state index contributed by atoms with van der Waals surface area (Å²) >= 11 is 0. The molecule has 102 valence electrons. The number of anilines is 2. The summed E-state index contributed by atoms with van der Waals surface area (Å²) < 4.78 is 0. The maximum Gasteiger partial charge on any atom is 0.146 e. The highest BCUT2D eigenvalue weighted by atomic mass is 15.2. The Morgan fingerprint density at radius 2 is 1.60 bits per heavy atom. The third-order valence-corrected chi connectivity index (χ3v) is 3.46. The van der Waals surface area contributed by atoms with Crippen molar-refractivity contribution in [3.63, 3.8) is 0 Å². The van der Waals surface area contributed by atoms with Crippen molar-refractivity contribution in [1.29, 1.82) is 5.26 Å². The summed E-state index contributed by atoms with van der Waals surface area (Å²) in [5.41, 5.74) is 5.18. The van der Waals surface area contributed by atoms with Gasteiger partial charge in [-0.25, -0.2) is 9.97 Å². The monoisotopic (exact) mass is 266 g/mol. The average Bonchev–Trinajstić information content (AvgIpc) is 2.41. The second-order valence-electron chi connectivity index (χ2n) is 5.05. The van der Waals surface area contributed by atoms with Gasteiger partial charge in [0.25, 0.3) is 0 Å². The summed E-state index contributed by atoms with van der Waals surface area (Å²) in [5, 5.41) is 9.02. The molecule has 4 nitrogen and oxygen atoms in total. The summed E-state index contributed by atoms with van der Waals surface area (Å²) in [5.74, 6) is 1.34. The fraction of sp³-hybridized carbons (Fsp3) is 0.312. The maximum atomic E-state index is 9.02. The Hall–Kier alpha value is -2.41. The first-order valence-electron chi connectivity index (χ1n) is 6.49. The van der Waals surface area contributed by atoms with Crippen LogP contribution in [0.1, 0.15) is 28.2 Å². The number of aromatic nitrogens is 2. The van der Waals surface area contributed by atoms with Crippen molar-refractivity contribution in [1.82, 2.24) is 9.97 Å². The smallest absolute Gasteiger partial charge is 0.146 e. The normalized spacial score (nSPS) is 10.2. The molecule has 0 bridgehead atoms. The number of aryl methyl sites for hydroxylation is 4. The fourth-order valence-corrected chi connectivity index (χ4v) is 2.21. The van der Waals surface area contributed by atoms with E-state index in [1.165, 1.54) is 16.7 Å². The van der Waals surface area contributed by atoms with Gasteiger partial charge in [-0.05, 0) is 50.5 Å². The van der Waals surface area contributed by atoms with Gasteiger partial charge in [-0.2, -0.15) is 5.26 Å². The Balaban J connectivity index is 2.51. The highest BCUT2D eigenvalue weighted by Gasteiger charge is 2.12. The number of benzene rings is 1. The van der Waals surface area contributed by atoms with Crippen LogP contribution in [0.5, 0.6) is 0 Å². The Bertz CT molecular complexity index is 698. The van der Waals surface area contributed by atoms with Crippen molar-refractivity contribution in [3.8, 4) is 6.07 Å². The van der Waals surface area contributed by atoms with Gasteiger partial charge in [-0.3, -0.25) is 0 Å². The highest BCUT2D eigenvalue weighted by Crippen LogP contribution is 2.28. The molecule has 0 aliphatic carbocycles. The SMILES string of the molecule is Cc1nc(C#N)cc(N(C)c2cc(C)c(C)cc2C)n1. The number of nitrogens with zero attached hydrogens (tertiary/aromatic N) is 4. The van der Waals surface area contributed by atoms with E-state index < -0.39 is 0 Å². The van der Waals surface area contributed by atoms with E-state index in [1.54, 1.807) is 13.0 Å². The predicted molar refractivity (Wildman–Crippen MR) is 80.2 cm³/mol. The minimum Gasteiger partial charge on any atom is -0.329 e. The zero-order chi connectivity index (χ0) is 14.9. The van der Waals surface area contributed by atoms with Gasteiger partial charge in [-0.1, -0.05) is 6.07 Å². The number of hydrogen-bond donors (Lipinski definition) is 0. The second-order valence-corrected chi connectivity index (χ2v) is 5.05. The molecule has 20 heavy (non-hydrogen) atoms. The van der Waals surface area contributed by atoms with E-state index in [-0.39, 0.29) is 0 Å². The standard InChI is InChI=1S/C16H18N4/c1-10-6-12(3)15(7-11(10)2)20(5)16-8-14(9-17)18-13(4)19-16/h6-8H,1-5H3. The first kappa shape index (κ1) is 14.0. The lowest BCUT2D eigenvalue weighted by molar-refractivity contribution is 0.996. The van der Waals surface area contributed by atoms with Crippen molar-refractivity contribution in [2.75, 3.05) is 11.9 Å². The summed E-state index contributed by atoms with van der Waals surface area (Å²) in [7, 11) is 1.96. The molecule has 0 spiro atoms. The van der Waals surface area contributed by atoms with Crippen LogP contribution in [0.3, 0.4) is 0 Å². The minimum absolute atomic E-state index is 0.390. The van der Waals surface area contributed by atoms with E-state index in [0.717, 1.165) is 11.5 Å². The zero-order valence-corrected chi connectivity index (χ0v) is 12.5. The lowest BCUT2D eigenvalue weighted by Crippen LogP contribution is -2.14. The maximum absolute atomic E-state index is 9.02. The Labute approximate surface area is 119 Å². The van der Waals surface area contributed by atoms with Crippen LogP contribution in [-0.2, 0) is 0 Å². The average molecular weight is 266 g/mol. The molecule has 0 saturated heterocycles. The Morgan fingerprint density at radius 3 is 2.25 bits per heavy atom. The Kier molecular flexibility index (Phi) is 3.71. The van der Waals surface area contributed by atoms with E-state index >= 15 is 0 Å². The van der Waals surface area contributed by atoms with E-state index in [9.17, 15) is 0 Å². The van der Waals surface area contributed by atoms with Crippen LogP contribution >= 0.6 is 0 Å². The van der Waals surface area contributed by atoms with Crippen molar-refractivity contribution < 1.29 is 0 Å². The number of hydrogen-bond acceptors (Lipinski definition) is 4. The zero-order valence-electron chi connectivity index (χ0n) is 12.5. The van der Waals surface area contributed by atoms with Crippen LogP contribution < -0.4 is 4.90 Å². The molecule has 0 saturated carbocycles.